The fourth-order valence-electron chi connectivity index (χ4n) is 3.95. The molecule has 5 rings (SSSR count). The number of fused-ring (bicyclic) bond motifs is 2. The largest absolute Gasteiger partial charge is 0.497 e. The Morgan fingerprint density at radius 3 is 2.83 bits per heavy atom. The second-order valence-corrected chi connectivity index (χ2v) is 7.17. The molecule has 1 unspecified atom stereocenters. The Labute approximate surface area is 165 Å². The summed E-state index contributed by atoms with van der Waals surface area (Å²) in [7, 11) is 1.54. The van der Waals surface area contributed by atoms with Crippen LogP contribution in [0.5, 0.6) is 5.75 Å². The smallest absolute Gasteiger partial charge is 0.322 e. The molecule has 29 heavy (non-hydrogen) atoms. The predicted octanol–water partition coefficient (Wildman–Crippen LogP) is 1.42. The Hall–Kier alpha value is -3.75. The summed E-state index contributed by atoms with van der Waals surface area (Å²) in [6, 6.07) is 6.36. The highest BCUT2D eigenvalue weighted by Gasteiger charge is 2.53. The average Bonchev–Trinajstić information content (AvgIpc) is 3.36. The van der Waals surface area contributed by atoms with Crippen LogP contribution in [0.2, 0.25) is 0 Å². The number of urea groups is 1. The van der Waals surface area contributed by atoms with Gasteiger partial charge in [0.05, 0.1) is 19.3 Å². The van der Waals surface area contributed by atoms with Crippen LogP contribution in [-0.4, -0.2) is 42.9 Å². The van der Waals surface area contributed by atoms with Crippen molar-refractivity contribution in [3.05, 3.63) is 53.0 Å². The Morgan fingerprint density at radius 2 is 2.10 bits per heavy atom. The van der Waals surface area contributed by atoms with Gasteiger partial charge in [0.2, 0.25) is 0 Å². The number of carbonyl (C=O) groups is 3. The van der Waals surface area contributed by atoms with E-state index in [1.54, 1.807) is 24.3 Å². The van der Waals surface area contributed by atoms with E-state index >= 15 is 0 Å². The Balaban J connectivity index is 1.52. The molecule has 1 fully saturated rings. The molecule has 1 atom stereocenters. The van der Waals surface area contributed by atoms with Gasteiger partial charge < -0.3 is 24.7 Å². The number of hydrogen-bond acceptors (Lipinski definition) is 6. The standard InChI is InChI=1S/C20H18N4O5/c1-28-12-5-4-11-9-24(17(25)13(11)7-12)10-20(18(26)22-19(27)23-20)16-8-14-15(29-16)3-2-6-21-14/h2-5,7-8,21H,6,9-10H2,1H3,(H2,22,23,26,27). The third kappa shape index (κ3) is 2.58. The molecule has 3 aliphatic heterocycles. The number of imide groups is 1. The highest BCUT2D eigenvalue weighted by Crippen LogP contribution is 2.36. The Kier molecular flexibility index (Phi) is 3.67. The van der Waals surface area contributed by atoms with Gasteiger partial charge in [0, 0.05) is 24.7 Å². The van der Waals surface area contributed by atoms with E-state index in [-0.39, 0.29) is 18.2 Å². The third-order valence-electron chi connectivity index (χ3n) is 5.43. The summed E-state index contributed by atoms with van der Waals surface area (Å²) in [4.78, 5) is 39.4. The SMILES string of the molecule is COc1ccc2c(c1)C(=O)N(CC1(c3cc4c(o3)C=CCN4)NC(=O)NC1=O)C2. The van der Waals surface area contributed by atoms with Crippen LogP contribution in [-0.2, 0) is 16.9 Å². The van der Waals surface area contributed by atoms with Crippen molar-refractivity contribution < 1.29 is 23.5 Å². The van der Waals surface area contributed by atoms with Crippen LogP contribution in [0.4, 0.5) is 10.5 Å². The summed E-state index contributed by atoms with van der Waals surface area (Å²) in [6.45, 7) is 0.900. The van der Waals surface area contributed by atoms with Crippen molar-refractivity contribution in [2.45, 2.75) is 12.1 Å². The van der Waals surface area contributed by atoms with E-state index in [0.29, 0.717) is 30.2 Å². The Morgan fingerprint density at radius 1 is 1.24 bits per heavy atom. The number of amides is 4. The van der Waals surface area contributed by atoms with Crippen molar-refractivity contribution in [1.82, 2.24) is 15.5 Å². The molecule has 0 radical (unpaired) electrons. The molecule has 3 N–H and O–H groups in total. The van der Waals surface area contributed by atoms with Crippen molar-refractivity contribution in [3.8, 4) is 5.75 Å². The molecule has 4 heterocycles. The number of methoxy groups -OCH3 is 1. The van der Waals surface area contributed by atoms with E-state index in [1.807, 2.05) is 12.1 Å². The van der Waals surface area contributed by atoms with Gasteiger partial charge in [0.15, 0.2) is 5.54 Å². The molecule has 0 spiro atoms. The first-order valence-corrected chi connectivity index (χ1v) is 9.15. The summed E-state index contributed by atoms with van der Waals surface area (Å²) < 4.78 is 11.1. The van der Waals surface area contributed by atoms with Gasteiger partial charge in [0.1, 0.15) is 17.3 Å². The number of furan rings is 1. The second kappa shape index (κ2) is 6.13. The van der Waals surface area contributed by atoms with Crippen molar-refractivity contribution in [2.75, 3.05) is 25.5 Å². The first kappa shape index (κ1) is 17.4. The molecule has 9 nitrogen and oxygen atoms in total. The topological polar surface area (TPSA) is 113 Å². The maximum atomic E-state index is 13.0. The van der Waals surface area contributed by atoms with Crippen LogP contribution in [0, 0.1) is 0 Å². The molecule has 0 aliphatic carbocycles. The van der Waals surface area contributed by atoms with E-state index in [2.05, 4.69) is 16.0 Å². The zero-order valence-corrected chi connectivity index (χ0v) is 15.6. The molecule has 1 saturated heterocycles. The van der Waals surface area contributed by atoms with E-state index in [0.717, 1.165) is 11.3 Å². The minimum absolute atomic E-state index is 0.0590. The zero-order valence-electron chi connectivity index (χ0n) is 15.6. The molecule has 0 bridgehead atoms. The number of carbonyl (C=O) groups excluding carboxylic acids is 3. The van der Waals surface area contributed by atoms with E-state index in [1.165, 1.54) is 12.0 Å². The first-order chi connectivity index (χ1) is 14.0. The minimum Gasteiger partial charge on any atom is -0.497 e. The van der Waals surface area contributed by atoms with Gasteiger partial charge in [-0.15, -0.1) is 0 Å². The predicted molar refractivity (Wildman–Crippen MR) is 102 cm³/mol. The fraction of sp³-hybridized carbons (Fsp3) is 0.250. The molecule has 9 heteroatoms. The second-order valence-electron chi connectivity index (χ2n) is 7.17. The maximum Gasteiger partial charge on any atom is 0.322 e. The number of benzene rings is 1. The number of nitrogens with zero attached hydrogens (tertiary/aromatic N) is 1. The van der Waals surface area contributed by atoms with Gasteiger partial charge in [-0.05, 0) is 23.8 Å². The number of nitrogens with one attached hydrogen (secondary N) is 3. The molecular formula is C20H18N4O5. The maximum absolute atomic E-state index is 13.0. The molecule has 2 aromatic rings. The lowest BCUT2D eigenvalue weighted by atomic mass is 9.95. The van der Waals surface area contributed by atoms with Gasteiger partial charge in [-0.2, -0.15) is 0 Å². The third-order valence-corrected chi connectivity index (χ3v) is 5.43. The quantitative estimate of drug-likeness (QED) is 0.676. The molecule has 3 aliphatic rings. The lowest BCUT2D eigenvalue weighted by Crippen LogP contribution is -2.52. The molecule has 1 aromatic heterocycles. The first-order valence-electron chi connectivity index (χ1n) is 9.15. The average molecular weight is 394 g/mol. The van der Waals surface area contributed by atoms with Crippen molar-refractivity contribution in [2.24, 2.45) is 0 Å². The molecule has 1 aromatic carbocycles. The van der Waals surface area contributed by atoms with Crippen LogP contribution in [0.1, 0.15) is 27.4 Å². The summed E-state index contributed by atoms with van der Waals surface area (Å²) in [5.41, 5.74) is 0.578. The lowest BCUT2D eigenvalue weighted by Gasteiger charge is -2.29. The van der Waals surface area contributed by atoms with Crippen LogP contribution in [0.3, 0.4) is 0 Å². The van der Waals surface area contributed by atoms with Crippen molar-refractivity contribution in [1.29, 1.82) is 0 Å². The number of rotatable bonds is 4. The van der Waals surface area contributed by atoms with Crippen LogP contribution in [0.15, 0.2) is 34.8 Å². The van der Waals surface area contributed by atoms with Gasteiger partial charge in [0.25, 0.3) is 11.8 Å². The van der Waals surface area contributed by atoms with E-state index in [9.17, 15) is 14.4 Å². The van der Waals surface area contributed by atoms with Gasteiger partial charge in [-0.25, -0.2) is 4.79 Å². The van der Waals surface area contributed by atoms with E-state index in [4.69, 9.17) is 9.15 Å². The molecule has 0 saturated carbocycles. The monoisotopic (exact) mass is 394 g/mol. The summed E-state index contributed by atoms with van der Waals surface area (Å²) in [5, 5.41) is 8.10. The number of ether oxygens (including phenoxy) is 1. The van der Waals surface area contributed by atoms with Crippen molar-refractivity contribution >= 4 is 29.6 Å². The molecule has 4 amide bonds. The summed E-state index contributed by atoms with van der Waals surface area (Å²) >= 11 is 0. The van der Waals surface area contributed by atoms with Crippen LogP contribution < -0.4 is 20.7 Å². The number of anilines is 1. The highest BCUT2D eigenvalue weighted by atomic mass is 16.5. The normalized spacial score (nSPS) is 22.1. The fourth-order valence-corrected chi connectivity index (χ4v) is 3.95. The van der Waals surface area contributed by atoms with Gasteiger partial charge in [-0.3, -0.25) is 14.9 Å². The van der Waals surface area contributed by atoms with Crippen LogP contribution >= 0.6 is 0 Å². The zero-order chi connectivity index (χ0) is 20.2. The number of hydrogen-bond donors (Lipinski definition) is 3. The summed E-state index contributed by atoms with van der Waals surface area (Å²) in [5.74, 6) is 0.629. The van der Waals surface area contributed by atoms with Crippen molar-refractivity contribution in [3.63, 3.8) is 0 Å². The van der Waals surface area contributed by atoms with Gasteiger partial charge in [-0.1, -0.05) is 12.1 Å². The van der Waals surface area contributed by atoms with Crippen LogP contribution in [0.25, 0.3) is 6.08 Å². The molecular weight excluding hydrogens is 376 g/mol. The highest BCUT2D eigenvalue weighted by molar-refractivity contribution is 6.08. The minimum atomic E-state index is -1.51. The summed E-state index contributed by atoms with van der Waals surface area (Å²) in [6.07, 6.45) is 3.70. The lowest BCUT2D eigenvalue weighted by molar-refractivity contribution is -0.125. The molecule has 148 valence electrons. The van der Waals surface area contributed by atoms with Gasteiger partial charge >= 0.3 is 6.03 Å². The van der Waals surface area contributed by atoms with E-state index < -0.39 is 17.5 Å². The Bertz CT molecular complexity index is 1090.